The molecular weight excluding hydrogens is 244 g/mol. The van der Waals surface area contributed by atoms with E-state index in [9.17, 15) is 14.7 Å². The smallest absolute Gasteiger partial charge is 0.323 e. The van der Waals surface area contributed by atoms with E-state index < -0.39 is 17.4 Å². The molecule has 0 aliphatic rings. The number of carbonyl (C=O) groups excluding carboxylic acids is 1. The number of nitrogens with one attached hydrogen (secondary N) is 1. The van der Waals surface area contributed by atoms with Crippen molar-refractivity contribution in [3.8, 4) is 0 Å². The lowest BCUT2D eigenvalue weighted by Gasteiger charge is -2.28. The van der Waals surface area contributed by atoms with Crippen LogP contribution in [0.1, 0.15) is 42.6 Å². The molecule has 0 aliphatic carbocycles. The summed E-state index contributed by atoms with van der Waals surface area (Å²) in [7, 11) is 0. The molecule has 0 spiro atoms. The first-order valence-electron chi connectivity index (χ1n) is 6.32. The van der Waals surface area contributed by atoms with E-state index >= 15 is 0 Å². The van der Waals surface area contributed by atoms with Crippen molar-refractivity contribution in [2.45, 2.75) is 38.8 Å². The van der Waals surface area contributed by atoms with Gasteiger partial charge in [-0.25, -0.2) is 0 Å². The Hall–Kier alpha value is -1.88. The fourth-order valence-corrected chi connectivity index (χ4v) is 1.94. The Morgan fingerprint density at radius 2 is 1.74 bits per heavy atom. The minimum absolute atomic E-state index is 0.438. The second-order valence-electron chi connectivity index (χ2n) is 4.51. The zero-order chi connectivity index (χ0) is 14.5. The topological polar surface area (TPSA) is 92.4 Å². The summed E-state index contributed by atoms with van der Waals surface area (Å²) in [4.78, 5) is 22.3. The van der Waals surface area contributed by atoms with Crippen LogP contribution in [0, 0.1) is 0 Å². The first-order chi connectivity index (χ1) is 8.95. The van der Waals surface area contributed by atoms with Crippen LogP contribution in [0.5, 0.6) is 0 Å². The van der Waals surface area contributed by atoms with Gasteiger partial charge in [0.2, 0.25) is 5.91 Å². The largest absolute Gasteiger partial charge is 0.480 e. The molecule has 0 aliphatic heterocycles. The number of hydrogen-bond acceptors (Lipinski definition) is 3. The number of hydrogen-bond donors (Lipinski definition) is 3. The molecule has 0 bridgehead atoms. The molecule has 4 N–H and O–H groups in total. The molecule has 0 unspecified atom stereocenters. The van der Waals surface area contributed by atoms with Gasteiger partial charge in [-0.15, -0.1) is 0 Å². The van der Waals surface area contributed by atoms with Crippen LogP contribution in [0.3, 0.4) is 0 Å². The zero-order valence-corrected chi connectivity index (χ0v) is 11.3. The van der Waals surface area contributed by atoms with E-state index in [4.69, 9.17) is 5.73 Å². The SMILES string of the molecule is CCC(CC)(NCc1ccc(C(N)=O)cc1)C(=O)O. The molecule has 0 atom stereocenters. The van der Waals surface area contributed by atoms with E-state index in [1.807, 2.05) is 13.8 Å². The van der Waals surface area contributed by atoms with Gasteiger partial charge in [0.15, 0.2) is 0 Å². The summed E-state index contributed by atoms with van der Waals surface area (Å²) in [5.41, 5.74) is 5.62. The van der Waals surface area contributed by atoms with Gasteiger partial charge in [-0.1, -0.05) is 26.0 Å². The first-order valence-corrected chi connectivity index (χ1v) is 6.32. The number of aliphatic carboxylic acids is 1. The number of primary amides is 1. The van der Waals surface area contributed by atoms with Crippen molar-refractivity contribution in [2.75, 3.05) is 0 Å². The Morgan fingerprint density at radius 3 is 2.11 bits per heavy atom. The Bertz CT molecular complexity index is 450. The van der Waals surface area contributed by atoms with Crippen molar-refractivity contribution in [1.82, 2.24) is 5.32 Å². The maximum atomic E-state index is 11.3. The van der Waals surface area contributed by atoms with Crippen molar-refractivity contribution >= 4 is 11.9 Å². The van der Waals surface area contributed by atoms with Crippen molar-refractivity contribution in [3.05, 3.63) is 35.4 Å². The normalized spacial score (nSPS) is 11.3. The highest BCUT2D eigenvalue weighted by Gasteiger charge is 2.33. The average Bonchev–Trinajstić information content (AvgIpc) is 2.40. The van der Waals surface area contributed by atoms with Gasteiger partial charge in [0.1, 0.15) is 5.54 Å². The number of carboxylic acids is 1. The average molecular weight is 264 g/mol. The standard InChI is InChI=1S/C14H20N2O3/c1-3-14(4-2,13(18)19)16-9-10-5-7-11(8-6-10)12(15)17/h5-8,16H,3-4,9H2,1-2H3,(H2,15,17)(H,18,19). The van der Waals surface area contributed by atoms with Crippen molar-refractivity contribution in [2.24, 2.45) is 5.73 Å². The molecule has 0 saturated heterocycles. The molecule has 1 rings (SSSR count). The Kier molecular flexibility index (Phi) is 5.06. The van der Waals surface area contributed by atoms with Crippen molar-refractivity contribution in [3.63, 3.8) is 0 Å². The van der Waals surface area contributed by atoms with Gasteiger partial charge in [0.25, 0.3) is 0 Å². The summed E-state index contributed by atoms with van der Waals surface area (Å²) in [5, 5.41) is 12.4. The van der Waals surface area contributed by atoms with Crippen LogP contribution < -0.4 is 11.1 Å². The first kappa shape index (κ1) is 15.2. The number of carboxylic acid groups (broad SMARTS) is 1. The zero-order valence-electron chi connectivity index (χ0n) is 11.3. The fourth-order valence-electron chi connectivity index (χ4n) is 1.94. The van der Waals surface area contributed by atoms with E-state index in [2.05, 4.69) is 5.32 Å². The van der Waals surface area contributed by atoms with Crippen molar-refractivity contribution in [1.29, 1.82) is 0 Å². The van der Waals surface area contributed by atoms with E-state index in [-0.39, 0.29) is 0 Å². The molecule has 1 amide bonds. The van der Waals surface area contributed by atoms with Gasteiger partial charge in [-0.05, 0) is 30.5 Å². The van der Waals surface area contributed by atoms with Crippen LogP contribution in [0.25, 0.3) is 0 Å². The maximum absolute atomic E-state index is 11.3. The summed E-state index contributed by atoms with van der Waals surface area (Å²) in [6, 6.07) is 6.81. The summed E-state index contributed by atoms with van der Waals surface area (Å²) < 4.78 is 0. The van der Waals surface area contributed by atoms with Crippen LogP contribution in [0.4, 0.5) is 0 Å². The molecule has 0 fully saturated rings. The number of rotatable bonds is 7. The summed E-state index contributed by atoms with van der Waals surface area (Å²) >= 11 is 0. The van der Waals surface area contributed by atoms with E-state index in [1.165, 1.54) is 0 Å². The summed E-state index contributed by atoms with van der Waals surface area (Å²) in [6.07, 6.45) is 1.02. The Labute approximate surface area is 112 Å². The van der Waals surface area contributed by atoms with Gasteiger partial charge in [-0.3, -0.25) is 14.9 Å². The molecule has 5 nitrogen and oxygen atoms in total. The minimum atomic E-state index is -0.900. The Morgan fingerprint density at radius 1 is 1.21 bits per heavy atom. The molecule has 104 valence electrons. The van der Waals surface area contributed by atoms with E-state index in [1.54, 1.807) is 24.3 Å². The van der Waals surface area contributed by atoms with E-state index in [0.29, 0.717) is 24.9 Å². The lowest BCUT2D eigenvalue weighted by molar-refractivity contribution is -0.145. The maximum Gasteiger partial charge on any atom is 0.323 e. The van der Waals surface area contributed by atoms with Crippen LogP contribution in [0.15, 0.2) is 24.3 Å². The highest BCUT2D eigenvalue weighted by molar-refractivity contribution is 5.92. The van der Waals surface area contributed by atoms with E-state index in [0.717, 1.165) is 5.56 Å². The van der Waals surface area contributed by atoms with Gasteiger partial charge in [0.05, 0.1) is 0 Å². The predicted molar refractivity (Wildman–Crippen MR) is 72.7 cm³/mol. The molecule has 0 heterocycles. The van der Waals surface area contributed by atoms with Gasteiger partial charge < -0.3 is 10.8 Å². The number of benzene rings is 1. The molecule has 0 saturated carbocycles. The fraction of sp³-hybridized carbons (Fsp3) is 0.429. The molecule has 0 radical (unpaired) electrons. The molecular formula is C14H20N2O3. The third-order valence-corrected chi connectivity index (χ3v) is 3.49. The number of amides is 1. The monoisotopic (exact) mass is 264 g/mol. The minimum Gasteiger partial charge on any atom is -0.480 e. The van der Waals surface area contributed by atoms with Crippen molar-refractivity contribution < 1.29 is 14.7 Å². The van der Waals surface area contributed by atoms with Gasteiger partial charge in [-0.2, -0.15) is 0 Å². The lowest BCUT2D eigenvalue weighted by atomic mass is 9.92. The second kappa shape index (κ2) is 6.33. The lowest BCUT2D eigenvalue weighted by Crippen LogP contribution is -2.50. The molecule has 0 aromatic heterocycles. The third-order valence-electron chi connectivity index (χ3n) is 3.49. The third kappa shape index (κ3) is 3.54. The number of nitrogens with two attached hydrogens (primary N) is 1. The highest BCUT2D eigenvalue weighted by Crippen LogP contribution is 2.16. The van der Waals surface area contributed by atoms with Crippen LogP contribution in [-0.4, -0.2) is 22.5 Å². The summed E-state index contributed by atoms with van der Waals surface area (Å²) in [5.74, 6) is -1.31. The van der Waals surface area contributed by atoms with Crippen LogP contribution >= 0.6 is 0 Å². The van der Waals surface area contributed by atoms with Gasteiger partial charge >= 0.3 is 5.97 Å². The van der Waals surface area contributed by atoms with Crippen LogP contribution in [0.2, 0.25) is 0 Å². The Balaban J connectivity index is 2.75. The number of carbonyl (C=O) groups is 2. The van der Waals surface area contributed by atoms with Gasteiger partial charge in [0, 0.05) is 12.1 Å². The molecule has 19 heavy (non-hydrogen) atoms. The molecule has 1 aromatic rings. The summed E-state index contributed by atoms with van der Waals surface area (Å²) in [6.45, 7) is 4.13. The quantitative estimate of drug-likeness (QED) is 0.696. The highest BCUT2D eigenvalue weighted by atomic mass is 16.4. The molecule has 5 heteroatoms. The second-order valence-corrected chi connectivity index (χ2v) is 4.51. The predicted octanol–water partition coefficient (Wildman–Crippen LogP) is 1.52. The van der Waals surface area contributed by atoms with Crippen LogP contribution in [-0.2, 0) is 11.3 Å². The molecule has 1 aromatic carbocycles.